The number of carbonyl (C=O) groups excluding carboxylic acids is 1. The predicted octanol–water partition coefficient (Wildman–Crippen LogP) is 2.12. The Morgan fingerprint density at radius 3 is 3.22 bits per heavy atom. The molecule has 0 fully saturated rings. The van der Waals surface area contributed by atoms with E-state index >= 15 is 0 Å². The molecule has 0 atom stereocenters. The second-order valence-corrected chi connectivity index (χ2v) is 4.98. The predicted molar refractivity (Wildman–Crippen MR) is 71.5 cm³/mol. The molecule has 0 saturated carbocycles. The molecule has 6 heteroatoms. The molecule has 5 nitrogen and oxygen atoms in total. The monoisotopic (exact) mass is 306 g/mol. The van der Waals surface area contributed by atoms with Gasteiger partial charge in [-0.1, -0.05) is 0 Å². The van der Waals surface area contributed by atoms with Crippen LogP contribution >= 0.6 is 15.9 Å². The van der Waals surface area contributed by atoms with E-state index in [0.29, 0.717) is 5.69 Å². The average molecular weight is 307 g/mol. The smallest absolute Gasteiger partial charge is 0.287 e. The summed E-state index contributed by atoms with van der Waals surface area (Å²) in [4.78, 5) is 14.6. The quantitative estimate of drug-likeness (QED) is 0.820. The summed E-state index contributed by atoms with van der Waals surface area (Å²) in [6.07, 6.45) is 4.58. The van der Waals surface area contributed by atoms with Gasteiger partial charge in [0, 0.05) is 29.8 Å². The van der Waals surface area contributed by atoms with Gasteiger partial charge in [-0.2, -0.15) is 5.10 Å². The third kappa shape index (κ3) is 1.99. The summed E-state index contributed by atoms with van der Waals surface area (Å²) in [7, 11) is 0. The van der Waals surface area contributed by atoms with Gasteiger partial charge in [-0.05, 0) is 34.1 Å². The summed E-state index contributed by atoms with van der Waals surface area (Å²) in [5.41, 5.74) is 5.04. The van der Waals surface area contributed by atoms with Crippen LogP contribution in [0.25, 0.3) is 0 Å². The highest BCUT2D eigenvalue weighted by molar-refractivity contribution is 9.10. The van der Waals surface area contributed by atoms with E-state index in [1.807, 2.05) is 18.3 Å². The highest BCUT2D eigenvalue weighted by Gasteiger charge is 2.17. The number of amides is 1. The number of aryl methyl sites for hydroxylation is 1. The molecule has 92 valence electrons. The van der Waals surface area contributed by atoms with E-state index in [1.165, 1.54) is 0 Å². The van der Waals surface area contributed by atoms with Crippen LogP contribution in [0.5, 0.6) is 0 Å². The lowest BCUT2D eigenvalue weighted by atomic mass is 10.2. The first kappa shape index (κ1) is 11.3. The Hall–Kier alpha value is -1.82. The zero-order valence-electron chi connectivity index (χ0n) is 9.48. The molecule has 3 heterocycles. The van der Waals surface area contributed by atoms with Crippen molar-refractivity contribution in [2.24, 2.45) is 5.10 Å². The molecular weight excluding hydrogens is 296 g/mol. The molecule has 0 unspecified atom stereocenters. The maximum Gasteiger partial charge on any atom is 0.287 e. The molecule has 1 aliphatic heterocycles. The van der Waals surface area contributed by atoms with Crippen molar-refractivity contribution in [2.45, 2.75) is 13.0 Å². The van der Waals surface area contributed by atoms with Crippen LogP contribution < -0.4 is 5.43 Å². The second kappa shape index (κ2) is 4.45. The average Bonchev–Trinajstić information content (AvgIpc) is 3.02. The first-order valence-corrected chi connectivity index (χ1v) is 6.39. The number of fused-ring (bicyclic) bond motifs is 1. The van der Waals surface area contributed by atoms with Crippen LogP contribution in [-0.4, -0.2) is 21.2 Å². The molecule has 2 aromatic heterocycles. The van der Waals surface area contributed by atoms with Crippen LogP contribution in [0.3, 0.4) is 0 Å². The van der Waals surface area contributed by atoms with Crippen molar-refractivity contribution in [3.05, 3.63) is 46.5 Å². The number of hydrazone groups is 1. The van der Waals surface area contributed by atoms with E-state index in [2.05, 4.69) is 36.0 Å². The zero-order valence-corrected chi connectivity index (χ0v) is 11.1. The summed E-state index contributed by atoms with van der Waals surface area (Å²) < 4.78 is 2.96. The lowest BCUT2D eigenvalue weighted by Crippen LogP contribution is -2.19. The molecule has 2 N–H and O–H groups in total. The van der Waals surface area contributed by atoms with E-state index in [1.54, 1.807) is 12.3 Å². The van der Waals surface area contributed by atoms with Gasteiger partial charge in [0.15, 0.2) is 0 Å². The molecule has 0 aliphatic carbocycles. The molecule has 0 aromatic carbocycles. The van der Waals surface area contributed by atoms with Crippen molar-refractivity contribution < 1.29 is 4.79 Å². The number of H-pyrrole nitrogens is 1. The topological polar surface area (TPSA) is 62.2 Å². The summed E-state index contributed by atoms with van der Waals surface area (Å²) in [5.74, 6) is -0.238. The normalized spacial score (nSPS) is 15.9. The maximum atomic E-state index is 11.8. The molecule has 0 radical (unpaired) electrons. The number of aromatic amines is 1. The Morgan fingerprint density at radius 1 is 1.56 bits per heavy atom. The number of halogens is 1. The largest absolute Gasteiger partial charge is 0.356 e. The van der Waals surface area contributed by atoms with Crippen LogP contribution in [0, 0.1) is 0 Å². The van der Waals surface area contributed by atoms with Gasteiger partial charge in [-0.15, -0.1) is 0 Å². The lowest BCUT2D eigenvalue weighted by molar-refractivity contribution is 0.0950. The summed E-state index contributed by atoms with van der Waals surface area (Å²) in [6.45, 7) is 0.922. The standard InChI is InChI=1S/C12H11BrN4O/c13-8-6-10(14-7-8)12(18)16-15-9-3-5-17-4-1-2-11(9)17/h1-2,4,6-7,14H,3,5H2,(H,16,18)/b15-9-. The number of nitrogens with one attached hydrogen (secondary N) is 2. The van der Waals surface area contributed by atoms with Gasteiger partial charge < -0.3 is 9.55 Å². The highest BCUT2D eigenvalue weighted by Crippen LogP contribution is 2.15. The van der Waals surface area contributed by atoms with E-state index in [0.717, 1.165) is 28.8 Å². The van der Waals surface area contributed by atoms with Crippen molar-refractivity contribution in [2.75, 3.05) is 0 Å². The second-order valence-electron chi connectivity index (χ2n) is 4.07. The van der Waals surface area contributed by atoms with Gasteiger partial charge in [-0.25, -0.2) is 5.43 Å². The van der Waals surface area contributed by atoms with E-state index in [4.69, 9.17) is 0 Å². The third-order valence-electron chi connectivity index (χ3n) is 2.90. The molecule has 0 saturated heterocycles. The molecule has 0 bridgehead atoms. The van der Waals surface area contributed by atoms with Gasteiger partial charge in [0.05, 0.1) is 11.4 Å². The van der Waals surface area contributed by atoms with Crippen molar-refractivity contribution >= 4 is 27.5 Å². The number of rotatable bonds is 2. The lowest BCUT2D eigenvalue weighted by Gasteiger charge is -1.99. The maximum absolute atomic E-state index is 11.8. The van der Waals surface area contributed by atoms with Crippen molar-refractivity contribution in [3.63, 3.8) is 0 Å². The molecule has 18 heavy (non-hydrogen) atoms. The van der Waals surface area contributed by atoms with E-state index in [-0.39, 0.29) is 5.91 Å². The Balaban J connectivity index is 1.74. The van der Waals surface area contributed by atoms with Crippen LogP contribution in [0.2, 0.25) is 0 Å². The van der Waals surface area contributed by atoms with Crippen LogP contribution in [0.4, 0.5) is 0 Å². The third-order valence-corrected chi connectivity index (χ3v) is 3.36. The van der Waals surface area contributed by atoms with Gasteiger partial charge in [0.2, 0.25) is 0 Å². The number of carbonyl (C=O) groups is 1. The fourth-order valence-electron chi connectivity index (χ4n) is 2.02. The summed E-state index contributed by atoms with van der Waals surface area (Å²) in [6, 6.07) is 5.70. The van der Waals surface area contributed by atoms with E-state index in [9.17, 15) is 4.79 Å². The fraction of sp³-hybridized carbons (Fsp3) is 0.167. The van der Waals surface area contributed by atoms with Crippen molar-refractivity contribution in [1.82, 2.24) is 15.0 Å². The van der Waals surface area contributed by atoms with Gasteiger partial charge in [0.1, 0.15) is 5.69 Å². The zero-order chi connectivity index (χ0) is 12.5. The molecule has 1 amide bonds. The van der Waals surface area contributed by atoms with Crippen LogP contribution in [0.15, 0.2) is 40.2 Å². The van der Waals surface area contributed by atoms with Crippen LogP contribution in [-0.2, 0) is 6.54 Å². The number of hydrogen-bond donors (Lipinski definition) is 2. The molecular formula is C12H11BrN4O. The number of nitrogens with zero attached hydrogens (tertiary/aromatic N) is 2. The van der Waals surface area contributed by atoms with E-state index < -0.39 is 0 Å². The molecule has 2 aromatic rings. The Morgan fingerprint density at radius 2 is 2.44 bits per heavy atom. The van der Waals surface area contributed by atoms with Gasteiger partial charge in [0.25, 0.3) is 5.91 Å². The Kier molecular flexibility index (Phi) is 2.79. The molecule has 0 spiro atoms. The van der Waals surface area contributed by atoms with Crippen molar-refractivity contribution in [1.29, 1.82) is 0 Å². The summed E-state index contributed by atoms with van der Waals surface area (Å²) >= 11 is 3.28. The van der Waals surface area contributed by atoms with Gasteiger partial charge >= 0.3 is 0 Å². The Labute approximate surface area is 112 Å². The minimum absolute atomic E-state index is 0.238. The minimum atomic E-state index is -0.238. The minimum Gasteiger partial charge on any atom is -0.356 e. The Bertz CT molecular complexity index is 626. The van der Waals surface area contributed by atoms with Crippen molar-refractivity contribution in [3.8, 4) is 0 Å². The molecule has 3 rings (SSSR count). The first-order chi connectivity index (χ1) is 8.74. The summed E-state index contributed by atoms with van der Waals surface area (Å²) in [5, 5.41) is 4.18. The highest BCUT2D eigenvalue weighted by atomic mass is 79.9. The fourth-order valence-corrected chi connectivity index (χ4v) is 2.36. The number of hydrogen-bond acceptors (Lipinski definition) is 2. The van der Waals surface area contributed by atoms with Crippen LogP contribution in [0.1, 0.15) is 22.6 Å². The first-order valence-electron chi connectivity index (χ1n) is 5.60. The SMILES string of the molecule is O=C(N/N=C1/CCn2cccc21)c1cc(Br)c[nH]1. The van der Waals surface area contributed by atoms with Gasteiger partial charge in [-0.3, -0.25) is 4.79 Å². The number of aromatic nitrogens is 2. The molecule has 1 aliphatic rings.